The molecule has 0 saturated carbocycles. The van der Waals surface area contributed by atoms with Crippen LogP contribution in [0.3, 0.4) is 0 Å². The summed E-state index contributed by atoms with van der Waals surface area (Å²) in [6.07, 6.45) is -3.49. The van der Waals surface area contributed by atoms with Crippen molar-refractivity contribution in [2.75, 3.05) is 11.9 Å². The number of para-hydroxylation sites is 2. The number of carbonyl (C=O) groups is 3. The first-order valence-electron chi connectivity index (χ1n) is 11.2. The highest BCUT2D eigenvalue weighted by Crippen LogP contribution is 2.40. The van der Waals surface area contributed by atoms with Crippen molar-refractivity contribution in [3.05, 3.63) is 98.4 Å². The molecular formula is C26H18F3N3O6S. The molecule has 1 N–H and O–H groups in total. The van der Waals surface area contributed by atoms with Gasteiger partial charge >= 0.3 is 11.9 Å². The molecule has 1 aliphatic rings. The number of hydrogen-bond acceptors (Lipinski definition) is 7. The minimum atomic E-state index is -4.79. The number of nitro benzene ring substituents is 1. The Labute approximate surface area is 223 Å². The fourth-order valence-corrected chi connectivity index (χ4v) is 4.39. The number of nitrogens with zero attached hydrogens (tertiary/aromatic N) is 2. The van der Waals surface area contributed by atoms with Crippen LogP contribution in [0.1, 0.15) is 16.7 Å². The molecule has 13 heteroatoms. The number of rotatable bonds is 7. The van der Waals surface area contributed by atoms with Gasteiger partial charge < -0.3 is 10.1 Å². The Balaban J connectivity index is 1.56. The number of thioether (sulfide) groups is 1. The molecule has 1 aliphatic heterocycles. The second kappa shape index (κ2) is 11.0. The van der Waals surface area contributed by atoms with Gasteiger partial charge in [-0.05, 0) is 54.6 Å². The van der Waals surface area contributed by atoms with Crippen molar-refractivity contribution in [1.82, 2.24) is 4.90 Å². The highest BCUT2D eigenvalue weighted by atomic mass is 32.2. The Morgan fingerprint density at radius 2 is 1.77 bits per heavy atom. The maximum Gasteiger partial charge on any atom is 0.416 e. The second-order valence-electron chi connectivity index (χ2n) is 8.21. The average molecular weight is 558 g/mol. The van der Waals surface area contributed by atoms with Gasteiger partial charge in [0.1, 0.15) is 12.3 Å². The van der Waals surface area contributed by atoms with Gasteiger partial charge in [0.25, 0.3) is 11.1 Å². The molecule has 0 radical (unpaired) electrons. The highest BCUT2D eigenvalue weighted by Gasteiger charge is 2.37. The van der Waals surface area contributed by atoms with Gasteiger partial charge in [-0.15, -0.1) is 0 Å². The van der Waals surface area contributed by atoms with Crippen molar-refractivity contribution in [2.24, 2.45) is 0 Å². The van der Waals surface area contributed by atoms with Crippen molar-refractivity contribution in [3.8, 4) is 11.5 Å². The molecule has 39 heavy (non-hydrogen) atoms. The summed E-state index contributed by atoms with van der Waals surface area (Å²) in [5.74, 6) is -1.77. The molecule has 0 spiro atoms. The lowest BCUT2D eigenvalue weighted by Crippen LogP contribution is -2.36. The Morgan fingerprint density at radius 3 is 2.46 bits per heavy atom. The van der Waals surface area contributed by atoms with Crippen molar-refractivity contribution >= 4 is 46.3 Å². The van der Waals surface area contributed by atoms with Crippen molar-refractivity contribution in [3.63, 3.8) is 0 Å². The summed E-state index contributed by atoms with van der Waals surface area (Å²) in [6, 6.07) is 14.8. The Bertz CT molecular complexity index is 1520. The molecule has 0 bridgehead atoms. The van der Waals surface area contributed by atoms with E-state index < -0.39 is 51.7 Å². The summed E-state index contributed by atoms with van der Waals surface area (Å²) >= 11 is 0.586. The van der Waals surface area contributed by atoms with E-state index in [4.69, 9.17) is 4.74 Å². The first kappa shape index (κ1) is 27.4. The normalized spacial score (nSPS) is 14.6. The lowest BCUT2D eigenvalue weighted by atomic mass is 10.1. The summed E-state index contributed by atoms with van der Waals surface area (Å²) in [6.45, 7) is 1.27. The van der Waals surface area contributed by atoms with Gasteiger partial charge in [0.2, 0.25) is 11.7 Å². The van der Waals surface area contributed by atoms with E-state index in [2.05, 4.69) is 5.32 Å². The van der Waals surface area contributed by atoms with Crippen LogP contribution in [0.15, 0.2) is 71.6 Å². The van der Waals surface area contributed by atoms with Crippen LogP contribution in [0.4, 0.5) is 29.3 Å². The molecule has 0 aromatic heterocycles. The van der Waals surface area contributed by atoms with Crippen LogP contribution in [-0.4, -0.2) is 33.4 Å². The quantitative estimate of drug-likeness (QED) is 0.203. The maximum absolute atomic E-state index is 13.0. The number of aryl methyl sites for hydroxylation is 1. The first-order chi connectivity index (χ1) is 18.4. The van der Waals surface area contributed by atoms with E-state index in [1.807, 2.05) is 0 Å². The lowest BCUT2D eigenvalue weighted by Gasteiger charge is -2.13. The molecule has 4 rings (SSSR count). The smallest absolute Gasteiger partial charge is 0.416 e. The summed E-state index contributed by atoms with van der Waals surface area (Å²) in [5, 5.41) is 13.4. The monoisotopic (exact) mass is 557 g/mol. The van der Waals surface area contributed by atoms with E-state index in [-0.39, 0.29) is 16.2 Å². The van der Waals surface area contributed by atoms with Crippen LogP contribution in [0.25, 0.3) is 6.08 Å². The third-order valence-corrected chi connectivity index (χ3v) is 6.41. The maximum atomic E-state index is 13.0. The van der Waals surface area contributed by atoms with Gasteiger partial charge in [-0.25, -0.2) is 0 Å². The van der Waals surface area contributed by atoms with E-state index >= 15 is 0 Å². The highest BCUT2D eigenvalue weighted by molar-refractivity contribution is 8.18. The molecule has 0 atom stereocenters. The van der Waals surface area contributed by atoms with Crippen molar-refractivity contribution in [2.45, 2.75) is 13.1 Å². The van der Waals surface area contributed by atoms with Crippen LogP contribution in [0.5, 0.6) is 11.5 Å². The molecule has 9 nitrogen and oxygen atoms in total. The van der Waals surface area contributed by atoms with Crippen molar-refractivity contribution in [1.29, 1.82) is 0 Å². The van der Waals surface area contributed by atoms with Gasteiger partial charge in [-0.2, -0.15) is 13.2 Å². The van der Waals surface area contributed by atoms with E-state index in [9.17, 15) is 37.7 Å². The zero-order valence-corrected chi connectivity index (χ0v) is 20.8. The molecular weight excluding hydrogens is 539 g/mol. The fourth-order valence-electron chi connectivity index (χ4n) is 3.56. The number of hydrogen-bond donors (Lipinski definition) is 1. The number of nitro groups is 1. The second-order valence-corrected chi connectivity index (χ2v) is 9.20. The summed E-state index contributed by atoms with van der Waals surface area (Å²) in [7, 11) is 0. The third-order valence-electron chi connectivity index (χ3n) is 5.50. The standard InChI is InChI=1S/C26H18F3N3O6S/c1-15-6-2-4-8-18(15)30-23(33)14-31-24(34)22(39-25(31)35)12-16-7-3-5-9-20(16)38-21-11-10-17(26(27,28)29)13-19(21)32(36)37/h2-13H,14H2,1H3,(H,30,33)/b22-12+. The molecule has 1 fully saturated rings. The number of imide groups is 1. The number of nitrogens with one attached hydrogen (secondary N) is 1. The number of anilines is 1. The number of ether oxygens (including phenoxy) is 1. The zero-order chi connectivity index (χ0) is 28.3. The van der Waals surface area contributed by atoms with E-state index in [1.165, 1.54) is 24.3 Å². The minimum Gasteiger partial charge on any atom is -0.449 e. The van der Waals surface area contributed by atoms with Crippen LogP contribution in [-0.2, 0) is 15.8 Å². The fraction of sp³-hybridized carbons (Fsp3) is 0.115. The van der Waals surface area contributed by atoms with Crippen LogP contribution in [0, 0.1) is 17.0 Å². The van der Waals surface area contributed by atoms with Gasteiger partial charge in [0, 0.05) is 17.3 Å². The lowest BCUT2D eigenvalue weighted by molar-refractivity contribution is -0.385. The van der Waals surface area contributed by atoms with Gasteiger partial charge in [0.05, 0.1) is 15.4 Å². The van der Waals surface area contributed by atoms with Crippen molar-refractivity contribution < 1.29 is 37.2 Å². The first-order valence-corrected chi connectivity index (χ1v) is 12.0. The molecule has 1 heterocycles. The predicted molar refractivity (Wildman–Crippen MR) is 137 cm³/mol. The third kappa shape index (κ3) is 6.26. The number of benzene rings is 3. The topological polar surface area (TPSA) is 119 Å². The average Bonchev–Trinajstić information content (AvgIpc) is 3.13. The molecule has 200 valence electrons. The number of halogens is 3. The molecule has 1 saturated heterocycles. The summed E-state index contributed by atoms with van der Waals surface area (Å²) in [5.41, 5.74) is -0.561. The number of amides is 3. The van der Waals surface area contributed by atoms with Gasteiger partial charge in [-0.3, -0.25) is 29.4 Å². The Morgan fingerprint density at radius 1 is 1.08 bits per heavy atom. The van der Waals surface area contributed by atoms with Crippen LogP contribution >= 0.6 is 11.8 Å². The molecule has 3 aromatic carbocycles. The van der Waals surface area contributed by atoms with Crippen LogP contribution < -0.4 is 10.1 Å². The van der Waals surface area contributed by atoms with Gasteiger partial charge in [0.15, 0.2) is 0 Å². The number of carbonyl (C=O) groups excluding carboxylic acids is 3. The molecule has 3 amide bonds. The molecule has 0 aliphatic carbocycles. The van der Waals surface area contributed by atoms with Crippen LogP contribution in [0.2, 0.25) is 0 Å². The SMILES string of the molecule is Cc1ccccc1NC(=O)CN1C(=O)S/C(=C/c2ccccc2Oc2ccc(C(F)(F)F)cc2[N+](=O)[O-])C1=O. The summed E-state index contributed by atoms with van der Waals surface area (Å²) < 4.78 is 44.7. The predicted octanol–water partition coefficient (Wildman–Crippen LogP) is 6.39. The Kier molecular flexibility index (Phi) is 7.72. The minimum absolute atomic E-state index is 0.00977. The largest absolute Gasteiger partial charge is 0.449 e. The number of alkyl halides is 3. The van der Waals surface area contributed by atoms with E-state index in [0.29, 0.717) is 29.6 Å². The van der Waals surface area contributed by atoms with E-state index in [0.717, 1.165) is 16.5 Å². The molecule has 3 aromatic rings. The van der Waals surface area contributed by atoms with Gasteiger partial charge in [-0.1, -0.05) is 36.4 Å². The Hall–Kier alpha value is -4.65. The zero-order valence-electron chi connectivity index (χ0n) is 20.0. The molecule has 0 unspecified atom stereocenters. The summed E-state index contributed by atoms with van der Waals surface area (Å²) in [4.78, 5) is 49.0. The van der Waals surface area contributed by atoms with E-state index in [1.54, 1.807) is 37.3 Å².